The van der Waals surface area contributed by atoms with Crippen LogP contribution in [0.3, 0.4) is 0 Å². The van der Waals surface area contributed by atoms with Crippen LogP contribution in [0, 0.1) is 18.3 Å². The maximum Gasteiger partial charge on any atom is 0.321 e. The second kappa shape index (κ2) is 4.29. The lowest BCUT2D eigenvalue weighted by Crippen LogP contribution is -2.51. The van der Waals surface area contributed by atoms with Gasteiger partial charge in [0, 0.05) is 0 Å². The molecule has 0 saturated carbocycles. The Morgan fingerprint density at radius 2 is 2.00 bits per heavy atom. The Kier molecular flexibility index (Phi) is 3.96. The summed E-state index contributed by atoms with van der Waals surface area (Å²) < 4.78 is 0. The first kappa shape index (κ1) is 12.0. The quantitative estimate of drug-likeness (QED) is 0.642. The van der Waals surface area contributed by atoms with Gasteiger partial charge < -0.3 is 5.11 Å². The molecule has 74 valence electrons. The van der Waals surface area contributed by atoms with Crippen molar-refractivity contribution in [2.24, 2.45) is 5.92 Å². The monoisotopic (exact) mass is 183 g/mol. The summed E-state index contributed by atoms with van der Waals surface area (Å²) in [6.07, 6.45) is 5.25. The molecule has 0 aromatic carbocycles. The van der Waals surface area contributed by atoms with Crippen LogP contribution >= 0.6 is 0 Å². The van der Waals surface area contributed by atoms with Crippen LogP contribution in [0.15, 0.2) is 0 Å². The normalized spacial score (nSPS) is 13.8. The minimum absolute atomic E-state index is 0.0186. The van der Waals surface area contributed by atoms with Crippen molar-refractivity contribution in [1.29, 1.82) is 0 Å². The third kappa shape index (κ3) is 3.95. The first-order valence-electron chi connectivity index (χ1n) is 4.28. The van der Waals surface area contributed by atoms with E-state index in [2.05, 4.69) is 11.2 Å². The molecule has 1 atom stereocenters. The van der Waals surface area contributed by atoms with E-state index in [0.29, 0.717) is 0 Å². The second-order valence-corrected chi connectivity index (χ2v) is 3.97. The van der Waals surface area contributed by atoms with Gasteiger partial charge in [-0.1, -0.05) is 19.8 Å². The summed E-state index contributed by atoms with van der Waals surface area (Å²) in [7, 11) is 0. The fourth-order valence-corrected chi connectivity index (χ4v) is 0.944. The number of terminal acetylenes is 1. The van der Waals surface area contributed by atoms with Crippen LogP contribution in [0.2, 0.25) is 0 Å². The van der Waals surface area contributed by atoms with Crippen LogP contribution in [-0.4, -0.2) is 22.7 Å². The molecule has 0 bridgehead atoms. The molecule has 0 heterocycles. The number of carboxylic acid groups (broad SMARTS) is 1. The van der Waals surface area contributed by atoms with Gasteiger partial charge in [-0.15, -0.1) is 6.42 Å². The van der Waals surface area contributed by atoms with Crippen LogP contribution in [0.1, 0.15) is 27.7 Å². The van der Waals surface area contributed by atoms with Gasteiger partial charge >= 0.3 is 5.97 Å². The van der Waals surface area contributed by atoms with Crippen molar-refractivity contribution >= 4 is 5.97 Å². The van der Waals surface area contributed by atoms with Crippen LogP contribution in [0.4, 0.5) is 0 Å². The lowest BCUT2D eigenvalue weighted by Gasteiger charge is -2.27. The molecule has 0 radical (unpaired) electrons. The molecule has 0 saturated heterocycles. The molecule has 0 aliphatic rings. The molecule has 0 aliphatic heterocycles. The highest BCUT2D eigenvalue weighted by molar-refractivity contribution is 5.74. The van der Waals surface area contributed by atoms with E-state index in [1.807, 2.05) is 13.8 Å². The SMILES string of the molecule is C#CC(C)(C)NC(C(=O)O)C(C)C. The minimum Gasteiger partial charge on any atom is -0.480 e. The molecule has 2 N–H and O–H groups in total. The molecule has 0 aromatic heterocycles. The van der Waals surface area contributed by atoms with Gasteiger partial charge in [0.25, 0.3) is 0 Å². The summed E-state index contributed by atoms with van der Waals surface area (Å²) in [5.41, 5.74) is -0.576. The maximum absolute atomic E-state index is 10.8. The van der Waals surface area contributed by atoms with Crippen molar-refractivity contribution < 1.29 is 9.90 Å². The smallest absolute Gasteiger partial charge is 0.321 e. The number of hydrogen-bond donors (Lipinski definition) is 2. The Labute approximate surface area is 79.5 Å². The molecule has 0 rings (SSSR count). The highest BCUT2D eigenvalue weighted by Crippen LogP contribution is 2.08. The van der Waals surface area contributed by atoms with E-state index in [1.54, 1.807) is 13.8 Å². The molecule has 1 unspecified atom stereocenters. The van der Waals surface area contributed by atoms with E-state index in [-0.39, 0.29) is 5.92 Å². The number of nitrogens with one attached hydrogen (secondary N) is 1. The number of rotatable bonds is 4. The highest BCUT2D eigenvalue weighted by Gasteiger charge is 2.27. The molecule has 0 spiro atoms. The van der Waals surface area contributed by atoms with Crippen molar-refractivity contribution in [2.45, 2.75) is 39.3 Å². The molecule has 0 aliphatic carbocycles. The molecular weight excluding hydrogens is 166 g/mol. The standard InChI is InChI=1S/C10H17NO2/c1-6-10(4,5)11-8(7(2)3)9(12)13/h1,7-8,11H,2-5H3,(H,12,13). The summed E-state index contributed by atoms with van der Waals surface area (Å²) in [6.45, 7) is 7.26. The van der Waals surface area contributed by atoms with Crippen LogP contribution < -0.4 is 5.32 Å². The third-order valence-electron chi connectivity index (χ3n) is 1.81. The van der Waals surface area contributed by atoms with E-state index in [0.717, 1.165) is 0 Å². The number of aliphatic carboxylic acids is 1. The Bertz CT molecular complexity index is 226. The summed E-state index contributed by atoms with van der Waals surface area (Å²) in [6, 6.07) is -0.592. The van der Waals surface area contributed by atoms with Crippen molar-refractivity contribution in [3.63, 3.8) is 0 Å². The number of carboxylic acids is 1. The predicted octanol–water partition coefficient (Wildman–Crippen LogP) is 1.10. The summed E-state index contributed by atoms with van der Waals surface area (Å²) in [5, 5.41) is 11.8. The zero-order valence-electron chi connectivity index (χ0n) is 8.59. The van der Waals surface area contributed by atoms with E-state index in [9.17, 15) is 4.79 Å². The Hall–Kier alpha value is -1.01. The van der Waals surface area contributed by atoms with Crippen molar-refractivity contribution in [1.82, 2.24) is 5.32 Å². The van der Waals surface area contributed by atoms with Crippen molar-refractivity contribution in [3.8, 4) is 12.3 Å². The van der Waals surface area contributed by atoms with Gasteiger partial charge in [0.05, 0.1) is 5.54 Å². The Balaban J connectivity index is 4.46. The van der Waals surface area contributed by atoms with Crippen LogP contribution in [0.25, 0.3) is 0 Å². The zero-order chi connectivity index (χ0) is 10.6. The van der Waals surface area contributed by atoms with Crippen molar-refractivity contribution in [3.05, 3.63) is 0 Å². The molecule has 3 nitrogen and oxygen atoms in total. The molecule has 0 aromatic rings. The van der Waals surface area contributed by atoms with Gasteiger partial charge in [-0.25, -0.2) is 0 Å². The molecule has 3 heteroatoms. The Morgan fingerprint density at radius 1 is 1.54 bits per heavy atom. The maximum atomic E-state index is 10.8. The van der Waals surface area contributed by atoms with E-state index in [4.69, 9.17) is 11.5 Å². The van der Waals surface area contributed by atoms with Crippen LogP contribution in [0.5, 0.6) is 0 Å². The van der Waals surface area contributed by atoms with Gasteiger partial charge in [-0.2, -0.15) is 0 Å². The lowest BCUT2D eigenvalue weighted by atomic mass is 9.99. The number of carbonyl (C=O) groups is 1. The summed E-state index contributed by atoms with van der Waals surface area (Å²) >= 11 is 0. The molecule has 13 heavy (non-hydrogen) atoms. The predicted molar refractivity (Wildman–Crippen MR) is 52.3 cm³/mol. The largest absolute Gasteiger partial charge is 0.480 e. The van der Waals surface area contributed by atoms with E-state index < -0.39 is 17.6 Å². The second-order valence-electron chi connectivity index (χ2n) is 3.97. The first-order chi connectivity index (χ1) is 5.80. The fourth-order valence-electron chi connectivity index (χ4n) is 0.944. The first-order valence-corrected chi connectivity index (χ1v) is 4.28. The van der Waals surface area contributed by atoms with Gasteiger partial charge in [-0.3, -0.25) is 10.1 Å². The lowest BCUT2D eigenvalue weighted by molar-refractivity contribution is -0.141. The fraction of sp³-hybridized carbons (Fsp3) is 0.700. The molecular formula is C10H17NO2. The summed E-state index contributed by atoms with van der Waals surface area (Å²) in [5.74, 6) is 1.66. The van der Waals surface area contributed by atoms with E-state index >= 15 is 0 Å². The van der Waals surface area contributed by atoms with Crippen LogP contribution in [-0.2, 0) is 4.79 Å². The van der Waals surface area contributed by atoms with Gasteiger partial charge in [0.15, 0.2) is 0 Å². The zero-order valence-corrected chi connectivity index (χ0v) is 8.59. The molecule has 0 amide bonds. The average molecular weight is 183 g/mol. The average Bonchev–Trinajstić information content (AvgIpc) is 1.99. The summed E-state index contributed by atoms with van der Waals surface area (Å²) in [4.78, 5) is 10.8. The minimum atomic E-state index is -0.863. The van der Waals surface area contributed by atoms with E-state index in [1.165, 1.54) is 0 Å². The highest BCUT2D eigenvalue weighted by atomic mass is 16.4. The van der Waals surface area contributed by atoms with Gasteiger partial charge in [0.1, 0.15) is 6.04 Å². The topological polar surface area (TPSA) is 49.3 Å². The molecule has 0 fully saturated rings. The number of hydrogen-bond acceptors (Lipinski definition) is 2. The van der Waals surface area contributed by atoms with Gasteiger partial charge in [-0.05, 0) is 19.8 Å². The Morgan fingerprint density at radius 3 is 2.23 bits per heavy atom. The van der Waals surface area contributed by atoms with Crippen molar-refractivity contribution in [2.75, 3.05) is 0 Å². The van der Waals surface area contributed by atoms with Gasteiger partial charge in [0.2, 0.25) is 0 Å². The third-order valence-corrected chi connectivity index (χ3v) is 1.81.